The maximum atomic E-state index is 12.5. The maximum absolute atomic E-state index is 12.5. The molecule has 1 unspecified atom stereocenters. The molecule has 3 rings (SSSR count). The van der Waals surface area contributed by atoms with E-state index in [-0.39, 0.29) is 11.7 Å². The van der Waals surface area contributed by atoms with Gasteiger partial charge in [-0.25, -0.2) is 0 Å². The fourth-order valence-electron chi connectivity index (χ4n) is 2.63. The monoisotopic (exact) mass is 339 g/mol. The van der Waals surface area contributed by atoms with Crippen LogP contribution in [0.3, 0.4) is 0 Å². The molecule has 24 heavy (non-hydrogen) atoms. The third kappa shape index (κ3) is 3.58. The van der Waals surface area contributed by atoms with Gasteiger partial charge in [0.15, 0.2) is 0 Å². The Morgan fingerprint density at radius 3 is 2.58 bits per heavy atom. The smallest absolute Gasteiger partial charge is 0.338 e. The SMILES string of the molecule is CC1CCN(Cc2ccc(-c3noc(C(F)(F)F)n3)cc2)C(=O)C1. The van der Waals surface area contributed by atoms with Crippen molar-refractivity contribution in [2.24, 2.45) is 5.92 Å². The van der Waals surface area contributed by atoms with Crippen molar-refractivity contribution in [3.63, 3.8) is 0 Å². The van der Waals surface area contributed by atoms with Gasteiger partial charge in [-0.3, -0.25) is 4.79 Å². The number of nitrogens with zero attached hydrogens (tertiary/aromatic N) is 3. The first-order chi connectivity index (χ1) is 11.3. The highest BCUT2D eigenvalue weighted by atomic mass is 19.4. The minimum Gasteiger partial charge on any atom is -0.338 e. The van der Waals surface area contributed by atoms with Crippen LogP contribution in [0.25, 0.3) is 11.4 Å². The topological polar surface area (TPSA) is 59.2 Å². The molecule has 0 spiro atoms. The maximum Gasteiger partial charge on any atom is 0.471 e. The average Bonchev–Trinajstić information content (AvgIpc) is 3.01. The molecule has 2 heterocycles. The lowest BCUT2D eigenvalue weighted by atomic mass is 9.98. The minimum atomic E-state index is -4.66. The van der Waals surface area contributed by atoms with E-state index >= 15 is 0 Å². The summed E-state index contributed by atoms with van der Waals surface area (Å²) in [5.74, 6) is -0.936. The first-order valence-electron chi connectivity index (χ1n) is 7.61. The third-order valence-corrected chi connectivity index (χ3v) is 4.02. The standard InChI is InChI=1S/C16H16F3N3O2/c1-10-6-7-22(13(23)8-10)9-11-2-4-12(5-3-11)14-20-15(24-21-14)16(17,18)19/h2-5,10H,6-9H2,1H3. The second-order valence-electron chi connectivity index (χ2n) is 6.03. The summed E-state index contributed by atoms with van der Waals surface area (Å²) in [5, 5.41) is 3.35. The number of benzene rings is 1. The number of alkyl halides is 3. The molecule has 0 bridgehead atoms. The molecule has 8 heteroatoms. The number of carbonyl (C=O) groups excluding carboxylic acids is 1. The summed E-state index contributed by atoms with van der Waals surface area (Å²) in [6.45, 7) is 3.28. The molecule has 0 radical (unpaired) electrons. The number of rotatable bonds is 3. The van der Waals surface area contributed by atoms with Crippen molar-refractivity contribution in [1.29, 1.82) is 0 Å². The summed E-state index contributed by atoms with van der Waals surface area (Å²) in [7, 11) is 0. The van der Waals surface area contributed by atoms with Crippen LogP contribution in [0.15, 0.2) is 28.8 Å². The number of halogens is 3. The number of aromatic nitrogens is 2. The van der Waals surface area contributed by atoms with Crippen LogP contribution in [-0.2, 0) is 17.5 Å². The Morgan fingerprint density at radius 2 is 2.00 bits per heavy atom. The Labute approximate surface area is 136 Å². The molecule has 5 nitrogen and oxygen atoms in total. The molecule has 0 N–H and O–H groups in total. The average molecular weight is 339 g/mol. The van der Waals surface area contributed by atoms with Crippen LogP contribution in [0.4, 0.5) is 13.2 Å². The number of likely N-dealkylation sites (tertiary alicyclic amines) is 1. The van der Waals surface area contributed by atoms with Crippen LogP contribution in [0.1, 0.15) is 31.2 Å². The second kappa shape index (κ2) is 6.26. The lowest BCUT2D eigenvalue weighted by Crippen LogP contribution is -2.37. The van der Waals surface area contributed by atoms with Crippen molar-refractivity contribution in [1.82, 2.24) is 15.0 Å². The number of hydrogen-bond donors (Lipinski definition) is 0. The van der Waals surface area contributed by atoms with Crippen LogP contribution < -0.4 is 0 Å². The van der Waals surface area contributed by atoms with Gasteiger partial charge in [-0.15, -0.1) is 0 Å². The van der Waals surface area contributed by atoms with Crippen molar-refractivity contribution in [3.05, 3.63) is 35.7 Å². The first-order valence-corrected chi connectivity index (χ1v) is 7.61. The van der Waals surface area contributed by atoms with Gasteiger partial charge in [-0.05, 0) is 17.9 Å². The lowest BCUT2D eigenvalue weighted by molar-refractivity contribution is -0.159. The third-order valence-electron chi connectivity index (χ3n) is 4.02. The minimum absolute atomic E-state index is 0.114. The second-order valence-corrected chi connectivity index (χ2v) is 6.03. The summed E-state index contributed by atoms with van der Waals surface area (Å²) >= 11 is 0. The Morgan fingerprint density at radius 1 is 1.29 bits per heavy atom. The van der Waals surface area contributed by atoms with Crippen LogP contribution in [-0.4, -0.2) is 27.5 Å². The van der Waals surface area contributed by atoms with Crippen LogP contribution in [0.5, 0.6) is 0 Å². The first kappa shape index (κ1) is 16.5. The Bertz CT molecular complexity index is 725. The van der Waals surface area contributed by atoms with Crippen LogP contribution >= 0.6 is 0 Å². The zero-order chi connectivity index (χ0) is 17.3. The van der Waals surface area contributed by atoms with E-state index in [4.69, 9.17) is 0 Å². The largest absolute Gasteiger partial charge is 0.471 e. The molecule has 1 aromatic heterocycles. The van der Waals surface area contributed by atoms with E-state index in [9.17, 15) is 18.0 Å². The molecule has 1 aliphatic rings. The summed E-state index contributed by atoms with van der Waals surface area (Å²) in [6, 6.07) is 6.75. The molecule has 0 saturated carbocycles. The van der Waals surface area contributed by atoms with Crippen molar-refractivity contribution >= 4 is 5.91 Å². The van der Waals surface area contributed by atoms with E-state index in [1.165, 1.54) is 0 Å². The fraction of sp³-hybridized carbons (Fsp3) is 0.438. The molecule has 2 aromatic rings. The number of hydrogen-bond acceptors (Lipinski definition) is 4. The van der Waals surface area contributed by atoms with Gasteiger partial charge in [0.2, 0.25) is 11.7 Å². The zero-order valence-electron chi connectivity index (χ0n) is 13.0. The normalized spacial score (nSPS) is 18.9. The van der Waals surface area contributed by atoms with Crippen molar-refractivity contribution < 1.29 is 22.5 Å². The molecule has 1 fully saturated rings. The van der Waals surface area contributed by atoms with Crippen molar-refractivity contribution in [2.75, 3.05) is 6.54 Å². The van der Waals surface area contributed by atoms with Gasteiger partial charge in [0.1, 0.15) is 0 Å². The molecule has 128 valence electrons. The van der Waals surface area contributed by atoms with Crippen LogP contribution in [0.2, 0.25) is 0 Å². The highest BCUT2D eigenvalue weighted by molar-refractivity contribution is 5.77. The van der Waals surface area contributed by atoms with Crippen LogP contribution in [0, 0.1) is 5.92 Å². The summed E-state index contributed by atoms with van der Waals surface area (Å²) in [5.41, 5.74) is 1.33. The molecule has 1 atom stereocenters. The predicted octanol–water partition coefficient (Wildman–Crippen LogP) is 3.51. The summed E-state index contributed by atoms with van der Waals surface area (Å²) in [6.07, 6.45) is -3.12. The number of carbonyl (C=O) groups is 1. The van der Waals surface area contributed by atoms with Gasteiger partial charge in [-0.2, -0.15) is 18.2 Å². The molecule has 1 amide bonds. The lowest BCUT2D eigenvalue weighted by Gasteiger charge is -2.30. The van der Waals surface area contributed by atoms with E-state index in [0.29, 0.717) is 24.4 Å². The highest BCUT2D eigenvalue weighted by Crippen LogP contribution is 2.29. The quantitative estimate of drug-likeness (QED) is 0.858. The van der Waals surface area contributed by atoms with E-state index in [2.05, 4.69) is 21.6 Å². The molecular weight excluding hydrogens is 323 g/mol. The Kier molecular flexibility index (Phi) is 4.29. The zero-order valence-corrected chi connectivity index (χ0v) is 13.0. The molecule has 1 aliphatic heterocycles. The van der Waals surface area contributed by atoms with E-state index in [1.807, 2.05) is 0 Å². The predicted molar refractivity (Wildman–Crippen MR) is 78.6 cm³/mol. The molecule has 1 aromatic carbocycles. The van der Waals surface area contributed by atoms with Crippen molar-refractivity contribution in [3.8, 4) is 11.4 Å². The Balaban J connectivity index is 1.69. The van der Waals surface area contributed by atoms with Gasteiger partial charge in [-0.1, -0.05) is 36.3 Å². The van der Waals surface area contributed by atoms with E-state index < -0.39 is 12.1 Å². The van der Waals surface area contributed by atoms with E-state index in [0.717, 1.165) is 18.5 Å². The fourth-order valence-corrected chi connectivity index (χ4v) is 2.63. The van der Waals surface area contributed by atoms with Gasteiger partial charge in [0, 0.05) is 25.1 Å². The number of amides is 1. The van der Waals surface area contributed by atoms with E-state index in [1.54, 1.807) is 29.2 Å². The Hall–Kier alpha value is -2.38. The van der Waals surface area contributed by atoms with Gasteiger partial charge in [0.25, 0.3) is 0 Å². The summed E-state index contributed by atoms with van der Waals surface area (Å²) < 4.78 is 41.6. The number of piperidine rings is 1. The summed E-state index contributed by atoms with van der Waals surface area (Å²) in [4.78, 5) is 17.1. The molecular formula is C16H16F3N3O2. The molecule has 1 saturated heterocycles. The van der Waals surface area contributed by atoms with Gasteiger partial charge in [0.05, 0.1) is 0 Å². The van der Waals surface area contributed by atoms with Crippen molar-refractivity contribution in [2.45, 2.75) is 32.5 Å². The highest BCUT2D eigenvalue weighted by Gasteiger charge is 2.38. The molecule has 0 aliphatic carbocycles. The van der Waals surface area contributed by atoms with Gasteiger partial charge >= 0.3 is 12.1 Å². The van der Waals surface area contributed by atoms with Gasteiger partial charge < -0.3 is 9.42 Å².